The zero-order valence-electron chi connectivity index (χ0n) is 10.3. The highest BCUT2D eigenvalue weighted by Gasteiger charge is 2.28. The monoisotopic (exact) mass is 244 g/mol. The maximum Gasteiger partial charge on any atom is 0.404 e. The molecular formula is C11H20N2O4. The second-order valence-electron chi connectivity index (χ2n) is 4.37. The van der Waals surface area contributed by atoms with Crippen molar-refractivity contribution >= 4 is 12.0 Å². The van der Waals surface area contributed by atoms with E-state index in [9.17, 15) is 9.59 Å². The molecule has 17 heavy (non-hydrogen) atoms. The normalized spacial score (nSPS) is 24.1. The Morgan fingerprint density at radius 3 is 2.35 bits per heavy atom. The van der Waals surface area contributed by atoms with Crippen LogP contribution in [0.15, 0.2) is 0 Å². The Bertz CT molecular complexity index is 275. The molecule has 0 saturated heterocycles. The van der Waals surface area contributed by atoms with Gasteiger partial charge < -0.3 is 10.5 Å². The molecular weight excluding hydrogens is 224 g/mol. The van der Waals surface area contributed by atoms with E-state index < -0.39 is 6.09 Å². The van der Waals surface area contributed by atoms with Gasteiger partial charge in [0.1, 0.15) is 0 Å². The lowest BCUT2D eigenvalue weighted by molar-refractivity contribution is -0.174. The number of hydrogen-bond acceptors (Lipinski definition) is 4. The number of nitrogens with zero attached hydrogens (tertiary/aromatic N) is 1. The molecule has 0 spiro atoms. The second-order valence-corrected chi connectivity index (χ2v) is 4.37. The summed E-state index contributed by atoms with van der Waals surface area (Å²) in [4.78, 5) is 27.1. The number of carbonyl (C=O) groups excluding carboxylic acids is 2. The van der Waals surface area contributed by atoms with Crippen LogP contribution in [0.3, 0.4) is 0 Å². The van der Waals surface area contributed by atoms with E-state index in [2.05, 4.69) is 0 Å². The van der Waals surface area contributed by atoms with Crippen molar-refractivity contribution < 1.29 is 19.2 Å². The van der Waals surface area contributed by atoms with Crippen LogP contribution in [-0.2, 0) is 14.4 Å². The van der Waals surface area contributed by atoms with E-state index in [1.165, 1.54) is 12.2 Å². The van der Waals surface area contributed by atoms with Gasteiger partial charge in [0, 0.05) is 13.0 Å². The van der Waals surface area contributed by atoms with Crippen LogP contribution in [0.2, 0.25) is 0 Å². The predicted molar refractivity (Wildman–Crippen MR) is 60.8 cm³/mol. The van der Waals surface area contributed by atoms with Gasteiger partial charge in [0.05, 0.1) is 13.7 Å². The number of rotatable bonds is 4. The molecule has 1 saturated carbocycles. The van der Waals surface area contributed by atoms with Crippen LogP contribution in [0, 0.1) is 11.8 Å². The van der Waals surface area contributed by atoms with Crippen molar-refractivity contribution in [3.63, 3.8) is 0 Å². The Balaban J connectivity index is 2.30. The Kier molecular flexibility index (Phi) is 5.21. The predicted octanol–water partition coefficient (Wildman–Crippen LogP) is 0.908. The van der Waals surface area contributed by atoms with Crippen LogP contribution in [-0.4, -0.2) is 37.8 Å². The molecule has 0 radical (unpaired) electrons. The average Bonchev–Trinajstić information content (AvgIpc) is 2.35. The molecule has 6 heteroatoms. The molecule has 0 heterocycles. The fraction of sp³-hybridized carbons (Fsp3) is 0.818. The molecule has 2 amide bonds. The van der Waals surface area contributed by atoms with Crippen molar-refractivity contribution in [2.45, 2.75) is 25.7 Å². The molecule has 6 nitrogen and oxygen atoms in total. The van der Waals surface area contributed by atoms with Crippen LogP contribution >= 0.6 is 0 Å². The van der Waals surface area contributed by atoms with Gasteiger partial charge in [0.2, 0.25) is 5.91 Å². The van der Waals surface area contributed by atoms with Crippen molar-refractivity contribution in [2.24, 2.45) is 17.6 Å². The Hall–Kier alpha value is -1.30. The van der Waals surface area contributed by atoms with Gasteiger partial charge in [0.25, 0.3) is 0 Å². The second kappa shape index (κ2) is 6.44. The summed E-state index contributed by atoms with van der Waals surface area (Å²) in [6.07, 6.45) is 2.63. The van der Waals surface area contributed by atoms with Gasteiger partial charge in [-0.25, -0.2) is 9.86 Å². The molecule has 0 bridgehead atoms. The minimum atomic E-state index is -0.734. The number of hydroxylamine groups is 2. The molecule has 0 aromatic rings. The molecule has 0 aromatic carbocycles. The van der Waals surface area contributed by atoms with Crippen molar-refractivity contribution in [3.05, 3.63) is 0 Å². The first-order valence-corrected chi connectivity index (χ1v) is 5.78. The summed E-state index contributed by atoms with van der Waals surface area (Å²) < 4.78 is 4.76. The van der Waals surface area contributed by atoms with E-state index in [1.807, 2.05) is 0 Å². The largest absolute Gasteiger partial charge is 0.449 e. The molecule has 0 aliphatic heterocycles. The third kappa shape index (κ3) is 4.22. The van der Waals surface area contributed by atoms with Gasteiger partial charge in [-0.1, -0.05) is 0 Å². The Morgan fingerprint density at radius 2 is 1.88 bits per heavy atom. The minimum absolute atomic E-state index is 0.0155. The maximum absolute atomic E-state index is 11.8. The van der Waals surface area contributed by atoms with Gasteiger partial charge in [-0.2, -0.15) is 0 Å². The van der Waals surface area contributed by atoms with Gasteiger partial charge in [-0.05, 0) is 31.6 Å². The first-order valence-electron chi connectivity index (χ1n) is 5.78. The van der Waals surface area contributed by atoms with E-state index in [1.54, 1.807) is 7.05 Å². The van der Waals surface area contributed by atoms with Crippen LogP contribution in [0.4, 0.5) is 4.79 Å². The lowest BCUT2D eigenvalue weighted by Crippen LogP contribution is -2.35. The quantitative estimate of drug-likeness (QED) is 0.745. The van der Waals surface area contributed by atoms with Crippen LogP contribution in [0.1, 0.15) is 25.7 Å². The molecule has 0 aromatic heterocycles. The summed E-state index contributed by atoms with van der Waals surface area (Å²) >= 11 is 0. The van der Waals surface area contributed by atoms with E-state index in [-0.39, 0.29) is 11.8 Å². The summed E-state index contributed by atoms with van der Waals surface area (Å²) in [5.41, 5.74) is 4.90. The van der Waals surface area contributed by atoms with Gasteiger partial charge in [-0.15, -0.1) is 0 Å². The number of nitrogens with two attached hydrogens (primary N) is 1. The SMILES string of the molecule is CON(C)C(=O)[C@H]1CC[C@@H](COC(N)=O)CC1. The Morgan fingerprint density at radius 1 is 1.29 bits per heavy atom. The fourth-order valence-electron chi connectivity index (χ4n) is 2.12. The topological polar surface area (TPSA) is 81.9 Å². The molecule has 98 valence electrons. The number of hydrogen-bond donors (Lipinski definition) is 1. The van der Waals surface area contributed by atoms with Crippen LogP contribution in [0.25, 0.3) is 0 Å². The van der Waals surface area contributed by atoms with Crippen molar-refractivity contribution in [1.82, 2.24) is 5.06 Å². The van der Waals surface area contributed by atoms with Crippen molar-refractivity contribution in [3.8, 4) is 0 Å². The average molecular weight is 244 g/mol. The molecule has 1 aliphatic rings. The number of ether oxygens (including phenoxy) is 1. The first kappa shape index (κ1) is 13.8. The van der Waals surface area contributed by atoms with Crippen LogP contribution in [0.5, 0.6) is 0 Å². The summed E-state index contributed by atoms with van der Waals surface area (Å²) in [7, 11) is 3.09. The summed E-state index contributed by atoms with van der Waals surface area (Å²) in [6, 6.07) is 0. The molecule has 0 unspecified atom stereocenters. The molecule has 2 N–H and O–H groups in total. The zero-order chi connectivity index (χ0) is 12.8. The Labute approximate surface area is 101 Å². The highest BCUT2D eigenvalue weighted by atomic mass is 16.7. The minimum Gasteiger partial charge on any atom is -0.449 e. The van der Waals surface area contributed by atoms with E-state index in [0.29, 0.717) is 12.5 Å². The third-order valence-electron chi connectivity index (χ3n) is 3.24. The molecule has 1 rings (SSSR count). The van der Waals surface area contributed by atoms with Gasteiger partial charge >= 0.3 is 6.09 Å². The van der Waals surface area contributed by atoms with Crippen molar-refractivity contribution in [1.29, 1.82) is 0 Å². The third-order valence-corrected chi connectivity index (χ3v) is 3.24. The molecule has 1 aliphatic carbocycles. The van der Waals surface area contributed by atoms with E-state index >= 15 is 0 Å². The lowest BCUT2D eigenvalue weighted by atomic mass is 9.82. The number of primary amides is 1. The standard InChI is InChI=1S/C11H20N2O4/c1-13(16-2)10(14)9-5-3-8(4-6-9)7-17-11(12)15/h8-9H,3-7H2,1-2H3,(H2,12,15)/t8-,9+. The van der Waals surface area contributed by atoms with Crippen molar-refractivity contribution in [2.75, 3.05) is 20.8 Å². The lowest BCUT2D eigenvalue weighted by Gasteiger charge is -2.29. The highest BCUT2D eigenvalue weighted by molar-refractivity contribution is 5.77. The first-order chi connectivity index (χ1) is 8.04. The highest BCUT2D eigenvalue weighted by Crippen LogP contribution is 2.30. The number of amides is 2. The molecule has 1 fully saturated rings. The zero-order valence-corrected chi connectivity index (χ0v) is 10.3. The summed E-state index contributed by atoms with van der Waals surface area (Å²) in [6.45, 7) is 0.358. The number of carbonyl (C=O) groups is 2. The smallest absolute Gasteiger partial charge is 0.404 e. The van der Waals surface area contributed by atoms with Crippen LogP contribution < -0.4 is 5.73 Å². The van der Waals surface area contributed by atoms with E-state index in [0.717, 1.165) is 25.7 Å². The van der Waals surface area contributed by atoms with Gasteiger partial charge in [-0.3, -0.25) is 9.63 Å². The molecule has 0 atom stereocenters. The van der Waals surface area contributed by atoms with E-state index in [4.69, 9.17) is 15.3 Å². The summed E-state index contributed by atoms with van der Waals surface area (Å²) in [5, 5.41) is 1.27. The summed E-state index contributed by atoms with van der Waals surface area (Å²) in [5.74, 6) is 0.353. The maximum atomic E-state index is 11.8. The fourth-order valence-corrected chi connectivity index (χ4v) is 2.12. The van der Waals surface area contributed by atoms with Gasteiger partial charge in [0.15, 0.2) is 0 Å².